The number of rotatable bonds is 5. The lowest BCUT2D eigenvalue weighted by Crippen LogP contribution is -2.33. The van der Waals surface area contributed by atoms with Crippen molar-refractivity contribution in [1.29, 1.82) is 0 Å². The molecule has 1 aromatic carbocycles. The predicted molar refractivity (Wildman–Crippen MR) is 102 cm³/mol. The molecule has 7 heteroatoms. The SMILES string of the molecule is NC1CCC2CN(C(=O)c3cccc(NC(=O)CCn4ccnc4)c3)CC12. The Morgan fingerprint density at radius 1 is 1.26 bits per heavy atom. The van der Waals surface area contributed by atoms with Gasteiger partial charge in [-0.05, 0) is 42.9 Å². The molecule has 2 aromatic rings. The van der Waals surface area contributed by atoms with E-state index in [4.69, 9.17) is 5.73 Å². The average Bonchev–Trinajstić information content (AvgIpc) is 3.39. The third kappa shape index (κ3) is 3.88. The molecule has 1 aliphatic carbocycles. The lowest BCUT2D eigenvalue weighted by Gasteiger charge is -2.19. The van der Waals surface area contributed by atoms with Gasteiger partial charge in [-0.2, -0.15) is 0 Å². The Kier molecular flexibility index (Phi) is 4.94. The first-order valence-electron chi connectivity index (χ1n) is 9.50. The van der Waals surface area contributed by atoms with Crippen LogP contribution < -0.4 is 11.1 Å². The number of aryl methyl sites for hydroxylation is 1. The Morgan fingerprint density at radius 2 is 2.15 bits per heavy atom. The van der Waals surface area contributed by atoms with E-state index in [-0.39, 0.29) is 17.9 Å². The number of fused-ring (bicyclic) bond motifs is 1. The molecule has 3 N–H and O–H groups in total. The van der Waals surface area contributed by atoms with E-state index in [0.29, 0.717) is 36.1 Å². The highest BCUT2D eigenvalue weighted by atomic mass is 16.2. The zero-order valence-corrected chi connectivity index (χ0v) is 15.3. The number of carbonyl (C=O) groups is 2. The third-order valence-electron chi connectivity index (χ3n) is 5.75. The number of hydrogen-bond acceptors (Lipinski definition) is 4. The van der Waals surface area contributed by atoms with E-state index in [2.05, 4.69) is 10.3 Å². The molecule has 7 nitrogen and oxygen atoms in total. The molecule has 4 rings (SSSR count). The summed E-state index contributed by atoms with van der Waals surface area (Å²) in [5.41, 5.74) is 7.43. The maximum absolute atomic E-state index is 12.9. The van der Waals surface area contributed by atoms with Crippen molar-refractivity contribution in [3.63, 3.8) is 0 Å². The average molecular weight is 367 g/mol. The van der Waals surface area contributed by atoms with Gasteiger partial charge < -0.3 is 20.5 Å². The minimum absolute atomic E-state index is 0.0196. The molecule has 1 aromatic heterocycles. The van der Waals surface area contributed by atoms with Crippen molar-refractivity contribution < 1.29 is 9.59 Å². The van der Waals surface area contributed by atoms with Gasteiger partial charge in [0, 0.05) is 55.7 Å². The van der Waals surface area contributed by atoms with Crippen LogP contribution >= 0.6 is 0 Å². The monoisotopic (exact) mass is 367 g/mol. The van der Waals surface area contributed by atoms with Crippen molar-refractivity contribution >= 4 is 17.5 Å². The summed E-state index contributed by atoms with van der Waals surface area (Å²) in [6.45, 7) is 2.10. The summed E-state index contributed by atoms with van der Waals surface area (Å²) in [7, 11) is 0. The molecule has 27 heavy (non-hydrogen) atoms. The summed E-state index contributed by atoms with van der Waals surface area (Å²) in [6, 6.07) is 7.39. The molecule has 3 atom stereocenters. The van der Waals surface area contributed by atoms with E-state index < -0.39 is 0 Å². The smallest absolute Gasteiger partial charge is 0.253 e. The van der Waals surface area contributed by atoms with Crippen LogP contribution in [0.25, 0.3) is 0 Å². The summed E-state index contributed by atoms with van der Waals surface area (Å²) in [6.07, 6.45) is 7.72. The third-order valence-corrected chi connectivity index (χ3v) is 5.75. The van der Waals surface area contributed by atoms with Crippen LogP contribution in [0.2, 0.25) is 0 Å². The van der Waals surface area contributed by atoms with E-state index in [0.717, 1.165) is 25.9 Å². The zero-order valence-electron chi connectivity index (χ0n) is 15.3. The number of nitrogens with two attached hydrogens (primary N) is 1. The minimum atomic E-state index is -0.0880. The van der Waals surface area contributed by atoms with Gasteiger partial charge in [0.2, 0.25) is 5.91 Å². The lowest BCUT2D eigenvalue weighted by atomic mass is 9.98. The van der Waals surface area contributed by atoms with Gasteiger partial charge in [-0.25, -0.2) is 4.98 Å². The van der Waals surface area contributed by atoms with Crippen LogP contribution in [0.15, 0.2) is 43.0 Å². The summed E-state index contributed by atoms with van der Waals surface area (Å²) >= 11 is 0. The molecule has 2 amide bonds. The summed E-state index contributed by atoms with van der Waals surface area (Å²) in [5.74, 6) is 0.899. The molecule has 2 heterocycles. The number of imidazole rings is 1. The quantitative estimate of drug-likeness (QED) is 0.841. The number of benzene rings is 1. The van der Waals surface area contributed by atoms with Crippen molar-refractivity contribution in [2.24, 2.45) is 17.6 Å². The molecule has 0 spiro atoms. The topological polar surface area (TPSA) is 93.3 Å². The van der Waals surface area contributed by atoms with E-state index in [1.165, 1.54) is 0 Å². The first-order valence-corrected chi connectivity index (χ1v) is 9.50. The number of amides is 2. The predicted octanol–water partition coefficient (Wildman–Crippen LogP) is 1.72. The second kappa shape index (κ2) is 7.52. The molecule has 1 aliphatic heterocycles. The highest BCUT2D eigenvalue weighted by molar-refractivity contribution is 5.97. The maximum Gasteiger partial charge on any atom is 0.253 e. The molecule has 1 saturated heterocycles. The van der Waals surface area contributed by atoms with Gasteiger partial charge in [0.25, 0.3) is 5.91 Å². The van der Waals surface area contributed by atoms with E-state index in [1.54, 1.807) is 36.8 Å². The van der Waals surface area contributed by atoms with Gasteiger partial charge in [0.15, 0.2) is 0 Å². The van der Waals surface area contributed by atoms with Crippen molar-refractivity contribution in [2.45, 2.75) is 31.8 Å². The second-order valence-electron chi connectivity index (χ2n) is 7.55. The molecule has 142 valence electrons. The highest BCUT2D eigenvalue weighted by Gasteiger charge is 2.42. The molecule has 3 unspecified atom stereocenters. The van der Waals surface area contributed by atoms with Gasteiger partial charge in [-0.15, -0.1) is 0 Å². The van der Waals surface area contributed by atoms with Crippen molar-refractivity contribution in [3.05, 3.63) is 48.5 Å². The van der Waals surface area contributed by atoms with E-state index >= 15 is 0 Å². The molecule has 2 aliphatic rings. The number of nitrogens with one attached hydrogen (secondary N) is 1. The Balaban J connectivity index is 1.36. The normalized spacial score (nSPS) is 24.0. The minimum Gasteiger partial charge on any atom is -0.338 e. The van der Waals surface area contributed by atoms with E-state index in [9.17, 15) is 9.59 Å². The zero-order chi connectivity index (χ0) is 18.8. The van der Waals surface area contributed by atoms with Gasteiger partial charge in [-0.1, -0.05) is 6.07 Å². The first kappa shape index (κ1) is 17.7. The van der Waals surface area contributed by atoms with Gasteiger partial charge in [0.05, 0.1) is 6.33 Å². The highest BCUT2D eigenvalue weighted by Crippen LogP contribution is 2.37. The van der Waals surface area contributed by atoms with Crippen molar-refractivity contribution in [3.8, 4) is 0 Å². The summed E-state index contributed by atoms with van der Waals surface area (Å²) in [5, 5.41) is 2.87. The fraction of sp³-hybridized carbons (Fsp3) is 0.450. The largest absolute Gasteiger partial charge is 0.338 e. The fourth-order valence-corrected chi connectivity index (χ4v) is 4.26. The summed E-state index contributed by atoms with van der Waals surface area (Å²) in [4.78, 5) is 30.9. The van der Waals surface area contributed by atoms with Crippen LogP contribution in [0.1, 0.15) is 29.6 Å². The van der Waals surface area contributed by atoms with Gasteiger partial charge in [0.1, 0.15) is 0 Å². The van der Waals surface area contributed by atoms with Crippen LogP contribution in [-0.2, 0) is 11.3 Å². The molecule has 2 fully saturated rings. The molecular weight excluding hydrogens is 342 g/mol. The first-order chi connectivity index (χ1) is 13.1. The Morgan fingerprint density at radius 3 is 2.93 bits per heavy atom. The van der Waals surface area contributed by atoms with Crippen LogP contribution in [0.3, 0.4) is 0 Å². The number of likely N-dealkylation sites (tertiary alicyclic amines) is 1. The number of aromatic nitrogens is 2. The number of carbonyl (C=O) groups excluding carboxylic acids is 2. The standard InChI is InChI=1S/C20H25N5O2/c21-18-5-4-15-11-25(12-17(15)18)20(27)14-2-1-3-16(10-14)23-19(26)6-8-24-9-7-22-13-24/h1-3,7,9-10,13,15,17-18H,4-6,8,11-12,21H2,(H,23,26). The number of nitrogens with zero attached hydrogens (tertiary/aromatic N) is 3. The molecule has 0 radical (unpaired) electrons. The van der Waals surface area contributed by atoms with Crippen LogP contribution in [0, 0.1) is 11.8 Å². The van der Waals surface area contributed by atoms with Crippen LogP contribution in [-0.4, -0.2) is 45.4 Å². The Labute approximate surface area is 158 Å². The maximum atomic E-state index is 12.9. The fourth-order valence-electron chi connectivity index (χ4n) is 4.26. The van der Waals surface area contributed by atoms with Gasteiger partial charge in [-0.3, -0.25) is 9.59 Å². The molecule has 1 saturated carbocycles. The van der Waals surface area contributed by atoms with Crippen molar-refractivity contribution in [1.82, 2.24) is 14.5 Å². The molecular formula is C20H25N5O2. The van der Waals surface area contributed by atoms with Crippen LogP contribution in [0.4, 0.5) is 5.69 Å². The lowest BCUT2D eigenvalue weighted by molar-refractivity contribution is -0.116. The number of hydrogen-bond donors (Lipinski definition) is 2. The second-order valence-corrected chi connectivity index (χ2v) is 7.55. The summed E-state index contributed by atoms with van der Waals surface area (Å²) < 4.78 is 1.86. The molecule has 0 bridgehead atoms. The Bertz CT molecular complexity index is 820. The number of anilines is 1. The van der Waals surface area contributed by atoms with E-state index in [1.807, 2.05) is 15.7 Å². The Hall–Kier alpha value is -2.67. The van der Waals surface area contributed by atoms with Crippen LogP contribution in [0.5, 0.6) is 0 Å². The van der Waals surface area contributed by atoms with Gasteiger partial charge >= 0.3 is 0 Å². The van der Waals surface area contributed by atoms with Crippen molar-refractivity contribution in [2.75, 3.05) is 18.4 Å².